The summed E-state index contributed by atoms with van der Waals surface area (Å²) in [6, 6.07) is 9.42. The Morgan fingerprint density at radius 1 is 1.10 bits per heavy atom. The number of nitrogens with zero attached hydrogens (tertiary/aromatic N) is 1. The number of carbonyl (C=O) groups excluding carboxylic acids is 2. The fraction of sp³-hybridized carbons (Fsp3) is 0.227. The summed E-state index contributed by atoms with van der Waals surface area (Å²) in [6.45, 7) is 2.86. The molecule has 0 N–H and O–H groups in total. The summed E-state index contributed by atoms with van der Waals surface area (Å²) in [7, 11) is 0. The standard InChI is InChI=1S/C22H18F3NO4S/c1-12-9-15(5-8-18(12)30-11-20(28)29)17(27)10-19-13(2)26-21(31-19)14-3-6-16(7-4-14)22(23,24)25/h3-9H,10-11H2,1-2H3,(H,28,29)/p-1. The van der Waals surface area contributed by atoms with E-state index < -0.39 is 24.3 Å². The number of benzene rings is 2. The molecule has 0 fully saturated rings. The van der Waals surface area contributed by atoms with Gasteiger partial charge in [-0.05, 0) is 49.7 Å². The number of carboxylic acid groups (broad SMARTS) is 1. The lowest BCUT2D eigenvalue weighted by Crippen LogP contribution is -2.29. The van der Waals surface area contributed by atoms with Crippen LogP contribution in [0.15, 0.2) is 42.5 Å². The molecule has 1 heterocycles. The zero-order valence-corrected chi connectivity index (χ0v) is 17.4. The van der Waals surface area contributed by atoms with E-state index in [1.165, 1.54) is 29.5 Å². The van der Waals surface area contributed by atoms with Gasteiger partial charge in [0.05, 0.1) is 17.2 Å². The van der Waals surface area contributed by atoms with E-state index in [0.29, 0.717) is 33.1 Å². The van der Waals surface area contributed by atoms with Crippen LogP contribution in [-0.4, -0.2) is 23.3 Å². The van der Waals surface area contributed by atoms with Crippen LogP contribution in [0.5, 0.6) is 5.75 Å². The number of rotatable bonds is 7. The van der Waals surface area contributed by atoms with Gasteiger partial charge in [-0.2, -0.15) is 13.2 Å². The predicted octanol–water partition coefficient (Wildman–Crippen LogP) is 4.00. The maximum absolute atomic E-state index is 12.7. The molecule has 9 heteroatoms. The lowest BCUT2D eigenvalue weighted by molar-refractivity contribution is -0.307. The zero-order valence-electron chi connectivity index (χ0n) is 16.6. The van der Waals surface area contributed by atoms with Crippen molar-refractivity contribution in [3.8, 4) is 16.3 Å². The van der Waals surface area contributed by atoms with Crippen LogP contribution in [0.4, 0.5) is 13.2 Å². The minimum atomic E-state index is -4.40. The topological polar surface area (TPSA) is 79.3 Å². The third-order valence-corrected chi connectivity index (χ3v) is 5.72. The molecule has 2 aromatic carbocycles. The Balaban J connectivity index is 1.75. The van der Waals surface area contributed by atoms with E-state index in [-0.39, 0.29) is 12.2 Å². The maximum Gasteiger partial charge on any atom is 0.416 e. The Kier molecular flexibility index (Phi) is 6.45. The average molecular weight is 448 g/mol. The lowest BCUT2D eigenvalue weighted by atomic mass is 10.0. The number of Topliss-reactive ketones (excluding diaryl/α,β-unsaturated/α-hetero) is 1. The number of hydrogen-bond acceptors (Lipinski definition) is 6. The first-order valence-corrected chi connectivity index (χ1v) is 9.96. The van der Waals surface area contributed by atoms with Gasteiger partial charge in [-0.25, -0.2) is 4.98 Å². The molecule has 0 amide bonds. The van der Waals surface area contributed by atoms with Crippen molar-refractivity contribution in [1.29, 1.82) is 0 Å². The van der Waals surface area contributed by atoms with E-state index in [0.717, 1.165) is 17.0 Å². The summed E-state index contributed by atoms with van der Waals surface area (Å²) in [5, 5.41) is 11.1. The van der Waals surface area contributed by atoms with Crippen LogP contribution in [0.3, 0.4) is 0 Å². The van der Waals surface area contributed by atoms with Gasteiger partial charge < -0.3 is 14.6 Å². The van der Waals surface area contributed by atoms with E-state index in [9.17, 15) is 27.9 Å². The lowest BCUT2D eigenvalue weighted by Gasteiger charge is -2.10. The molecular formula is C22H17F3NO4S-. The van der Waals surface area contributed by atoms with Crippen LogP contribution >= 0.6 is 11.3 Å². The molecule has 31 heavy (non-hydrogen) atoms. The minimum Gasteiger partial charge on any atom is -0.546 e. The first-order chi connectivity index (χ1) is 14.5. The number of thiazole rings is 1. The number of halogens is 3. The second-order valence-electron chi connectivity index (χ2n) is 6.84. The van der Waals surface area contributed by atoms with Gasteiger partial charge in [0.1, 0.15) is 17.4 Å². The fourth-order valence-electron chi connectivity index (χ4n) is 2.89. The number of aryl methyl sites for hydroxylation is 2. The molecule has 3 aromatic rings. The highest BCUT2D eigenvalue weighted by molar-refractivity contribution is 7.15. The van der Waals surface area contributed by atoms with Crippen molar-refractivity contribution in [3.05, 3.63) is 69.7 Å². The second kappa shape index (κ2) is 8.89. The summed E-state index contributed by atoms with van der Waals surface area (Å²) in [5.74, 6) is -1.16. The average Bonchev–Trinajstić information content (AvgIpc) is 3.06. The molecule has 3 rings (SSSR count). The van der Waals surface area contributed by atoms with Crippen molar-refractivity contribution in [1.82, 2.24) is 4.98 Å². The Bertz CT molecular complexity index is 1120. The van der Waals surface area contributed by atoms with Gasteiger partial charge in [0, 0.05) is 22.4 Å². The normalized spacial score (nSPS) is 11.4. The first kappa shape index (κ1) is 22.5. The third kappa shape index (κ3) is 5.49. The molecule has 0 radical (unpaired) electrons. The van der Waals surface area contributed by atoms with Crippen molar-refractivity contribution in [2.75, 3.05) is 6.61 Å². The first-order valence-electron chi connectivity index (χ1n) is 9.15. The van der Waals surface area contributed by atoms with E-state index in [4.69, 9.17) is 4.74 Å². The fourth-order valence-corrected chi connectivity index (χ4v) is 3.95. The zero-order chi connectivity index (χ0) is 22.8. The molecule has 0 atom stereocenters. The smallest absolute Gasteiger partial charge is 0.416 e. The van der Waals surface area contributed by atoms with Crippen molar-refractivity contribution in [3.63, 3.8) is 0 Å². The predicted molar refractivity (Wildman–Crippen MR) is 107 cm³/mol. The number of ether oxygens (including phenoxy) is 1. The van der Waals surface area contributed by atoms with E-state index in [1.807, 2.05) is 0 Å². The Hall–Kier alpha value is -3.20. The number of ketones is 1. The summed E-state index contributed by atoms with van der Waals surface area (Å²) in [4.78, 5) is 28.3. The number of alkyl halides is 3. The Morgan fingerprint density at radius 2 is 1.77 bits per heavy atom. The summed E-state index contributed by atoms with van der Waals surface area (Å²) in [5.41, 5.74) is 1.49. The molecule has 162 valence electrons. The number of carboxylic acids is 1. The summed E-state index contributed by atoms with van der Waals surface area (Å²) in [6.07, 6.45) is -4.32. The molecule has 0 saturated carbocycles. The van der Waals surface area contributed by atoms with Gasteiger partial charge in [0.25, 0.3) is 0 Å². The molecular weight excluding hydrogens is 431 g/mol. The molecule has 0 unspecified atom stereocenters. The van der Waals surface area contributed by atoms with Gasteiger partial charge in [-0.3, -0.25) is 4.79 Å². The highest BCUT2D eigenvalue weighted by Crippen LogP contribution is 2.33. The van der Waals surface area contributed by atoms with Crippen LogP contribution in [-0.2, 0) is 17.4 Å². The molecule has 0 aliphatic carbocycles. The quantitative estimate of drug-likeness (QED) is 0.511. The third-order valence-electron chi connectivity index (χ3n) is 4.52. The van der Waals surface area contributed by atoms with Crippen molar-refractivity contribution < 1.29 is 32.6 Å². The second-order valence-corrected chi connectivity index (χ2v) is 7.93. The Labute approximate surface area is 180 Å². The number of hydrogen-bond donors (Lipinski definition) is 0. The summed E-state index contributed by atoms with van der Waals surface area (Å²) < 4.78 is 43.3. The molecule has 0 aliphatic rings. The van der Waals surface area contributed by atoms with Crippen molar-refractivity contribution in [2.24, 2.45) is 0 Å². The van der Waals surface area contributed by atoms with Crippen molar-refractivity contribution in [2.45, 2.75) is 26.4 Å². The van der Waals surface area contributed by atoms with Gasteiger partial charge in [0.2, 0.25) is 0 Å². The van der Waals surface area contributed by atoms with Gasteiger partial charge in [-0.1, -0.05) is 12.1 Å². The largest absolute Gasteiger partial charge is 0.546 e. The monoisotopic (exact) mass is 448 g/mol. The van der Waals surface area contributed by atoms with E-state index >= 15 is 0 Å². The van der Waals surface area contributed by atoms with E-state index in [1.54, 1.807) is 26.0 Å². The molecule has 0 aliphatic heterocycles. The highest BCUT2D eigenvalue weighted by Gasteiger charge is 2.30. The molecule has 0 saturated heterocycles. The molecule has 1 aromatic heterocycles. The van der Waals surface area contributed by atoms with Crippen LogP contribution in [0.25, 0.3) is 10.6 Å². The van der Waals surface area contributed by atoms with Gasteiger partial charge in [0.15, 0.2) is 5.78 Å². The molecule has 5 nitrogen and oxygen atoms in total. The van der Waals surface area contributed by atoms with Crippen LogP contribution in [0.2, 0.25) is 0 Å². The van der Waals surface area contributed by atoms with Gasteiger partial charge in [-0.15, -0.1) is 11.3 Å². The molecule has 0 spiro atoms. The van der Waals surface area contributed by atoms with Gasteiger partial charge >= 0.3 is 6.18 Å². The number of aromatic nitrogens is 1. The minimum absolute atomic E-state index is 0.0861. The summed E-state index contributed by atoms with van der Waals surface area (Å²) >= 11 is 1.26. The van der Waals surface area contributed by atoms with E-state index in [2.05, 4.69) is 4.98 Å². The highest BCUT2D eigenvalue weighted by atomic mass is 32.1. The Morgan fingerprint density at radius 3 is 2.35 bits per heavy atom. The SMILES string of the molecule is Cc1cc(C(=O)Cc2sc(-c3ccc(C(F)(F)F)cc3)nc2C)ccc1OCC(=O)[O-]. The number of carbonyl (C=O) groups is 2. The van der Waals surface area contributed by atoms with Crippen LogP contribution in [0, 0.1) is 13.8 Å². The van der Waals surface area contributed by atoms with Crippen molar-refractivity contribution >= 4 is 23.1 Å². The van der Waals surface area contributed by atoms with Crippen LogP contribution in [0.1, 0.15) is 32.1 Å². The number of aliphatic carboxylic acids is 1. The van der Waals surface area contributed by atoms with Crippen LogP contribution < -0.4 is 9.84 Å². The maximum atomic E-state index is 12.7. The molecule has 0 bridgehead atoms.